The number of unbranched alkanes of at least 4 members (excludes halogenated alkanes) is 3. The zero-order valence-electron chi connectivity index (χ0n) is 12.9. The molecule has 0 aromatic heterocycles. The predicted octanol–water partition coefficient (Wildman–Crippen LogP) is 3.28. The molecule has 1 N–H and O–H groups in total. The van der Waals surface area contributed by atoms with Gasteiger partial charge in [0.1, 0.15) is 0 Å². The fourth-order valence-corrected chi connectivity index (χ4v) is 1.99. The molecule has 0 rings (SSSR count). The van der Waals surface area contributed by atoms with Gasteiger partial charge in [0, 0.05) is 5.54 Å². The maximum atomic E-state index is 5.37. The van der Waals surface area contributed by atoms with Crippen LogP contribution in [0.5, 0.6) is 0 Å². The van der Waals surface area contributed by atoms with E-state index in [-0.39, 0.29) is 5.54 Å². The lowest BCUT2D eigenvalue weighted by Crippen LogP contribution is -2.36. The summed E-state index contributed by atoms with van der Waals surface area (Å²) in [7, 11) is 0. The fraction of sp³-hybridized carbons (Fsp3) is 0.875. The third-order valence-electron chi connectivity index (χ3n) is 2.91. The first-order valence-electron chi connectivity index (χ1n) is 7.40. The minimum atomic E-state index is 0.255. The van der Waals surface area contributed by atoms with Gasteiger partial charge in [0.15, 0.2) is 0 Å². The van der Waals surface area contributed by atoms with Crippen molar-refractivity contribution >= 4 is 0 Å². The quantitative estimate of drug-likeness (QED) is 0.474. The van der Waals surface area contributed by atoms with Crippen LogP contribution >= 0.6 is 0 Å². The van der Waals surface area contributed by atoms with E-state index in [9.17, 15) is 0 Å². The molecule has 106 valence electrons. The summed E-state index contributed by atoms with van der Waals surface area (Å²) in [6.07, 6.45) is 11.7. The van der Waals surface area contributed by atoms with Crippen molar-refractivity contribution in [1.82, 2.24) is 10.2 Å². The Morgan fingerprint density at radius 2 is 1.72 bits per heavy atom. The van der Waals surface area contributed by atoms with Crippen LogP contribution in [0.2, 0.25) is 0 Å². The van der Waals surface area contributed by atoms with Gasteiger partial charge in [-0.15, -0.1) is 6.42 Å². The minimum Gasteiger partial charge on any atom is -0.312 e. The maximum absolute atomic E-state index is 5.37. The highest BCUT2D eigenvalue weighted by atomic mass is 15.1. The Morgan fingerprint density at radius 3 is 2.28 bits per heavy atom. The molecule has 0 saturated heterocycles. The smallest absolute Gasteiger partial charge is 0.0598 e. The van der Waals surface area contributed by atoms with Crippen molar-refractivity contribution in [3.63, 3.8) is 0 Å². The van der Waals surface area contributed by atoms with Crippen molar-refractivity contribution in [2.75, 3.05) is 26.2 Å². The van der Waals surface area contributed by atoms with Gasteiger partial charge in [-0.2, -0.15) is 0 Å². The monoisotopic (exact) mass is 252 g/mol. The van der Waals surface area contributed by atoms with E-state index < -0.39 is 0 Å². The Labute approximate surface area is 115 Å². The molecule has 0 aliphatic rings. The van der Waals surface area contributed by atoms with Crippen molar-refractivity contribution in [2.24, 2.45) is 0 Å². The number of rotatable bonds is 10. The standard InChI is InChI=1S/C16H32N2/c1-6-13-18(14-7-2)15-11-9-8-10-12-17-16(3,4)5/h1,17H,7-15H2,2-5H3. The molecule has 0 aliphatic carbocycles. The highest BCUT2D eigenvalue weighted by molar-refractivity contribution is 4.87. The van der Waals surface area contributed by atoms with Crippen LogP contribution in [0.15, 0.2) is 0 Å². The Morgan fingerprint density at radius 1 is 1.06 bits per heavy atom. The second-order valence-corrected chi connectivity index (χ2v) is 6.07. The molecular formula is C16H32N2. The number of hydrogen-bond donors (Lipinski definition) is 1. The summed E-state index contributed by atoms with van der Waals surface area (Å²) in [6, 6.07) is 0. The summed E-state index contributed by atoms with van der Waals surface area (Å²) in [5.74, 6) is 2.75. The van der Waals surface area contributed by atoms with Gasteiger partial charge < -0.3 is 5.32 Å². The van der Waals surface area contributed by atoms with E-state index in [0.717, 1.165) is 26.2 Å². The van der Waals surface area contributed by atoms with Crippen molar-refractivity contribution in [2.45, 2.75) is 65.3 Å². The average molecular weight is 252 g/mol. The summed E-state index contributed by atoms with van der Waals surface area (Å²) in [5.41, 5.74) is 0.255. The van der Waals surface area contributed by atoms with Crippen molar-refractivity contribution < 1.29 is 0 Å². The summed E-state index contributed by atoms with van der Waals surface area (Å²) in [5, 5.41) is 3.53. The van der Waals surface area contributed by atoms with E-state index in [1.165, 1.54) is 32.1 Å². The number of hydrogen-bond acceptors (Lipinski definition) is 2. The fourth-order valence-electron chi connectivity index (χ4n) is 1.99. The van der Waals surface area contributed by atoms with Gasteiger partial charge in [-0.05, 0) is 59.7 Å². The van der Waals surface area contributed by atoms with E-state index in [2.05, 4.69) is 43.8 Å². The topological polar surface area (TPSA) is 15.3 Å². The number of terminal acetylenes is 1. The molecule has 0 amide bonds. The van der Waals surface area contributed by atoms with Crippen LogP contribution < -0.4 is 5.32 Å². The van der Waals surface area contributed by atoms with Crippen LogP contribution in [0, 0.1) is 12.3 Å². The number of nitrogens with one attached hydrogen (secondary N) is 1. The van der Waals surface area contributed by atoms with Gasteiger partial charge in [0.25, 0.3) is 0 Å². The molecule has 0 unspecified atom stereocenters. The summed E-state index contributed by atoms with van der Waals surface area (Å²) >= 11 is 0. The summed E-state index contributed by atoms with van der Waals surface area (Å²) in [6.45, 7) is 13.1. The van der Waals surface area contributed by atoms with Gasteiger partial charge in [-0.1, -0.05) is 25.7 Å². The van der Waals surface area contributed by atoms with Crippen LogP contribution in [-0.2, 0) is 0 Å². The lowest BCUT2D eigenvalue weighted by Gasteiger charge is -2.20. The molecule has 18 heavy (non-hydrogen) atoms. The van der Waals surface area contributed by atoms with Gasteiger partial charge in [0.05, 0.1) is 6.54 Å². The molecule has 0 saturated carbocycles. The molecule has 0 aromatic rings. The molecule has 0 bridgehead atoms. The Kier molecular flexibility index (Phi) is 10.1. The Balaban J connectivity index is 3.41. The third-order valence-corrected chi connectivity index (χ3v) is 2.91. The molecule has 0 spiro atoms. The van der Waals surface area contributed by atoms with Crippen LogP contribution in [0.3, 0.4) is 0 Å². The van der Waals surface area contributed by atoms with Crippen LogP contribution in [0.25, 0.3) is 0 Å². The van der Waals surface area contributed by atoms with Crippen LogP contribution in [0.4, 0.5) is 0 Å². The first-order valence-corrected chi connectivity index (χ1v) is 7.40. The second-order valence-electron chi connectivity index (χ2n) is 6.07. The Hall–Kier alpha value is -0.520. The normalized spacial score (nSPS) is 11.8. The molecule has 0 heterocycles. The lowest BCUT2D eigenvalue weighted by atomic mass is 10.1. The Bertz CT molecular complexity index is 222. The van der Waals surface area contributed by atoms with Crippen LogP contribution in [0.1, 0.15) is 59.8 Å². The van der Waals surface area contributed by atoms with Crippen molar-refractivity contribution in [1.29, 1.82) is 0 Å². The van der Waals surface area contributed by atoms with Crippen LogP contribution in [-0.4, -0.2) is 36.6 Å². The zero-order valence-corrected chi connectivity index (χ0v) is 12.9. The largest absolute Gasteiger partial charge is 0.312 e. The minimum absolute atomic E-state index is 0.255. The molecule has 2 heteroatoms. The first kappa shape index (κ1) is 17.5. The molecule has 2 nitrogen and oxygen atoms in total. The zero-order chi connectivity index (χ0) is 13.9. The highest BCUT2D eigenvalue weighted by Gasteiger charge is 2.07. The molecular weight excluding hydrogens is 220 g/mol. The first-order chi connectivity index (χ1) is 8.49. The van der Waals surface area contributed by atoms with E-state index in [1.54, 1.807) is 0 Å². The van der Waals surface area contributed by atoms with E-state index in [1.807, 2.05) is 0 Å². The van der Waals surface area contributed by atoms with E-state index >= 15 is 0 Å². The summed E-state index contributed by atoms with van der Waals surface area (Å²) in [4.78, 5) is 2.38. The lowest BCUT2D eigenvalue weighted by molar-refractivity contribution is 0.298. The molecule has 0 atom stereocenters. The van der Waals surface area contributed by atoms with Crippen molar-refractivity contribution in [3.8, 4) is 12.3 Å². The second kappa shape index (κ2) is 10.4. The maximum Gasteiger partial charge on any atom is 0.0598 e. The molecule has 0 aliphatic heterocycles. The van der Waals surface area contributed by atoms with Gasteiger partial charge in [0.2, 0.25) is 0 Å². The molecule has 0 aromatic carbocycles. The van der Waals surface area contributed by atoms with E-state index in [4.69, 9.17) is 6.42 Å². The third kappa shape index (κ3) is 12.0. The summed E-state index contributed by atoms with van der Waals surface area (Å²) < 4.78 is 0. The van der Waals surface area contributed by atoms with Gasteiger partial charge in [-0.25, -0.2) is 0 Å². The van der Waals surface area contributed by atoms with Crippen molar-refractivity contribution in [3.05, 3.63) is 0 Å². The van der Waals surface area contributed by atoms with E-state index in [0.29, 0.717) is 0 Å². The molecule has 0 radical (unpaired) electrons. The average Bonchev–Trinajstić information content (AvgIpc) is 2.26. The number of nitrogens with zero attached hydrogens (tertiary/aromatic N) is 1. The van der Waals surface area contributed by atoms with Gasteiger partial charge in [-0.3, -0.25) is 4.90 Å². The highest BCUT2D eigenvalue weighted by Crippen LogP contribution is 2.04. The predicted molar refractivity (Wildman–Crippen MR) is 81.8 cm³/mol. The SMILES string of the molecule is C#CCN(CCC)CCCCCCNC(C)(C)C. The molecule has 0 fully saturated rings. The van der Waals surface area contributed by atoms with Gasteiger partial charge >= 0.3 is 0 Å².